The number of imidazole rings is 1. The van der Waals surface area contributed by atoms with E-state index in [9.17, 15) is 4.79 Å². The number of rotatable bonds is 7. The van der Waals surface area contributed by atoms with Gasteiger partial charge < -0.3 is 19.9 Å². The number of amides is 1. The van der Waals surface area contributed by atoms with E-state index in [-0.39, 0.29) is 6.09 Å². The van der Waals surface area contributed by atoms with Gasteiger partial charge in [0.05, 0.1) is 12.0 Å². The van der Waals surface area contributed by atoms with Gasteiger partial charge in [0.15, 0.2) is 0 Å². The van der Waals surface area contributed by atoms with Crippen molar-refractivity contribution < 1.29 is 9.53 Å². The first-order valence-corrected chi connectivity index (χ1v) is 7.48. The third-order valence-corrected chi connectivity index (χ3v) is 2.81. The third-order valence-electron chi connectivity index (χ3n) is 2.81. The summed E-state index contributed by atoms with van der Waals surface area (Å²) in [6, 6.07) is 0.415. The number of aromatic nitrogens is 2. The predicted molar refractivity (Wildman–Crippen MR) is 83.2 cm³/mol. The van der Waals surface area contributed by atoms with Crippen molar-refractivity contribution in [2.75, 3.05) is 13.1 Å². The van der Waals surface area contributed by atoms with Crippen LogP contribution in [0.2, 0.25) is 0 Å². The molecular weight excluding hydrogens is 268 g/mol. The van der Waals surface area contributed by atoms with Crippen molar-refractivity contribution >= 4 is 6.09 Å². The van der Waals surface area contributed by atoms with Crippen LogP contribution in [0.1, 0.15) is 52.8 Å². The zero-order valence-corrected chi connectivity index (χ0v) is 13.8. The van der Waals surface area contributed by atoms with E-state index in [4.69, 9.17) is 4.74 Å². The molecule has 0 aliphatic rings. The summed E-state index contributed by atoms with van der Waals surface area (Å²) in [5, 5.41) is 6.10. The van der Waals surface area contributed by atoms with Crippen LogP contribution in [-0.4, -0.2) is 34.3 Å². The second kappa shape index (κ2) is 8.02. The van der Waals surface area contributed by atoms with Gasteiger partial charge in [-0.2, -0.15) is 0 Å². The van der Waals surface area contributed by atoms with Crippen LogP contribution in [0, 0.1) is 0 Å². The minimum absolute atomic E-state index is 0.361. The Morgan fingerprint density at radius 1 is 1.38 bits per heavy atom. The monoisotopic (exact) mass is 296 g/mol. The van der Waals surface area contributed by atoms with Crippen molar-refractivity contribution in [3.8, 4) is 0 Å². The summed E-state index contributed by atoms with van der Waals surface area (Å²) in [6.07, 6.45) is 4.23. The lowest BCUT2D eigenvalue weighted by Crippen LogP contribution is -2.33. The number of ether oxygens (including phenoxy) is 1. The number of hydrogen-bond acceptors (Lipinski definition) is 4. The number of nitrogens with zero attached hydrogens (tertiary/aromatic N) is 2. The van der Waals surface area contributed by atoms with Crippen LogP contribution in [0.5, 0.6) is 0 Å². The van der Waals surface area contributed by atoms with Gasteiger partial charge >= 0.3 is 6.09 Å². The largest absolute Gasteiger partial charge is 0.444 e. The molecule has 0 saturated carbocycles. The molecule has 0 atom stereocenters. The van der Waals surface area contributed by atoms with E-state index in [1.165, 1.54) is 5.69 Å². The van der Waals surface area contributed by atoms with Gasteiger partial charge in [0, 0.05) is 25.3 Å². The summed E-state index contributed by atoms with van der Waals surface area (Å²) in [5.74, 6) is 0. The lowest BCUT2D eigenvalue weighted by molar-refractivity contribution is 0.0527. The molecule has 0 aliphatic carbocycles. The molecule has 1 amide bonds. The summed E-state index contributed by atoms with van der Waals surface area (Å²) in [7, 11) is 0. The number of hydrogen-bond donors (Lipinski definition) is 2. The number of nitrogens with one attached hydrogen (secondary N) is 2. The van der Waals surface area contributed by atoms with Crippen molar-refractivity contribution in [2.24, 2.45) is 0 Å². The predicted octanol–water partition coefficient (Wildman–Crippen LogP) is 2.47. The smallest absolute Gasteiger partial charge is 0.407 e. The van der Waals surface area contributed by atoms with Gasteiger partial charge in [0.2, 0.25) is 0 Å². The minimum atomic E-state index is -0.447. The number of carbonyl (C=O) groups excluding carboxylic acids is 1. The zero-order chi connectivity index (χ0) is 15.9. The zero-order valence-electron chi connectivity index (χ0n) is 13.8. The molecule has 0 aromatic carbocycles. The van der Waals surface area contributed by atoms with Crippen LogP contribution >= 0.6 is 0 Å². The van der Waals surface area contributed by atoms with Crippen LogP contribution in [0.4, 0.5) is 4.79 Å². The average Bonchev–Trinajstić information content (AvgIpc) is 2.79. The topological polar surface area (TPSA) is 68.2 Å². The quantitative estimate of drug-likeness (QED) is 0.758. The maximum Gasteiger partial charge on any atom is 0.407 e. The van der Waals surface area contributed by atoms with E-state index in [1.54, 1.807) is 0 Å². The Labute approximate surface area is 127 Å². The highest BCUT2D eigenvalue weighted by molar-refractivity contribution is 5.67. The maximum atomic E-state index is 11.4. The lowest BCUT2D eigenvalue weighted by Gasteiger charge is -2.19. The standard InChI is InChI=1S/C15H28N4O2/c1-12(2)19-11-17-10-13(19)9-16-7-6-8-18-14(20)21-15(3,4)5/h10-12,16H,6-9H2,1-5H3,(H,18,20). The molecule has 0 fully saturated rings. The first-order chi connectivity index (χ1) is 9.79. The van der Waals surface area contributed by atoms with Gasteiger partial charge in [-0.05, 0) is 47.6 Å². The highest BCUT2D eigenvalue weighted by Crippen LogP contribution is 2.08. The molecule has 0 spiro atoms. The van der Waals surface area contributed by atoms with Gasteiger partial charge in [0.25, 0.3) is 0 Å². The molecule has 1 rings (SSSR count). The van der Waals surface area contributed by atoms with E-state index in [2.05, 4.69) is 34.0 Å². The lowest BCUT2D eigenvalue weighted by atomic mass is 10.2. The molecule has 1 heterocycles. The van der Waals surface area contributed by atoms with Crippen molar-refractivity contribution in [3.63, 3.8) is 0 Å². The fourth-order valence-electron chi connectivity index (χ4n) is 1.87. The molecule has 0 bridgehead atoms. The van der Waals surface area contributed by atoms with Crippen LogP contribution in [0.3, 0.4) is 0 Å². The van der Waals surface area contributed by atoms with Gasteiger partial charge in [-0.1, -0.05) is 0 Å². The second-order valence-corrected chi connectivity index (χ2v) is 6.34. The number of carbonyl (C=O) groups is 1. The SMILES string of the molecule is CC(C)n1cncc1CNCCCNC(=O)OC(C)(C)C. The Morgan fingerprint density at radius 2 is 2.10 bits per heavy atom. The van der Waals surface area contributed by atoms with Crippen molar-refractivity contribution in [3.05, 3.63) is 18.2 Å². The van der Waals surface area contributed by atoms with E-state index < -0.39 is 5.60 Å². The third kappa shape index (κ3) is 7.13. The van der Waals surface area contributed by atoms with Crippen LogP contribution in [0.15, 0.2) is 12.5 Å². The molecular formula is C15H28N4O2. The summed E-state index contributed by atoms with van der Waals surface area (Å²) in [5.41, 5.74) is 0.725. The minimum Gasteiger partial charge on any atom is -0.444 e. The summed E-state index contributed by atoms with van der Waals surface area (Å²) < 4.78 is 7.31. The van der Waals surface area contributed by atoms with Crippen LogP contribution < -0.4 is 10.6 Å². The highest BCUT2D eigenvalue weighted by Gasteiger charge is 2.15. The average molecular weight is 296 g/mol. The Morgan fingerprint density at radius 3 is 2.71 bits per heavy atom. The summed E-state index contributed by atoms with van der Waals surface area (Å²) >= 11 is 0. The second-order valence-electron chi connectivity index (χ2n) is 6.34. The van der Waals surface area contributed by atoms with E-state index >= 15 is 0 Å². The molecule has 6 heteroatoms. The molecule has 1 aromatic heterocycles. The first-order valence-electron chi connectivity index (χ1n) is 7.48. The molecule has 0 radical (unpaired) electrons. The Hall–Kier alpha value is -1.56. The van der Waals surface area contributed by atoms with E-state index in [0.717, 1.165) is 19.5 Å². The molecule has 120 valence electrons. The fourth-order valence-corrected chi connectivity index (χ4v) is 1.87. The summed E-state index contributed by atoms with van der Waals surface area (Å²) in [6.45, 7) is 12.0. The highest BCUT2D eigenvalue weighted by atomic mass is 16.6. The van der Waals surface area contributed by atoms with Crippen molar-refractivity contribution in [2.45, 2.75) is 59.2 Å². The summed E-state index contributed by atoms with van der Waals surface area (Å²) in [4.78, 5) is 15.6. The molecule has 6 nitrogen and oxygen atoms in total. The Bertz CT molecular complexity index is 435. The fraction of sp³-hybridized carbons (Fsp3) is 0.733. The molecule has 0 unspecified atom stereocenters. The van der Waals surface area contributed by atoms with Gasteiger partial charge in [-0.15, -0.1) is 0 Å². The molecule has 2 N–H and O–H groups in total. The molecule has 0 aliphatic heterocycles. The van der Waals surface area contributed by atoms with Gasteiger partial charge in [-0.3, -0.25) is 0 Å². The van der Waals surface area contributed by atoms with Crippen molar-refractivity contribution in [1.82, 2.24) is 20.2 Å². The Balaban J connectivity index is 2.12. The van der Waals surface area contributed by atoms with E-state index in [0.29, 0.717) is 12.6 Å². The van der Waals surface area contributed by atoms with Gasteiger partial charge in [0.1, 0.15) is 5.60 Å². The number of alkyl carbamates (subject to hydrolysis) is 1. The molecule has 21 heavy (non-hydrogen) atoms. The molecule has 1 aromatic rings. The normalized spacial score (nSPS) is 11.7. The van der Waals surface area contributed by atoms with E-state index in [1.807, 2.05) is 33.3 Å². The van der Waals surface area contributed by atoms with Crippen molar-refractivity contribution in [1.29, 1.82) is 0 Å². The maximum absolute atomic E-state index is 11.4. The first kappa shape index (κ1) is 17.5. The van der Waals surface area contributed by atoms with Crippen LogP contribution in [0.25, 0.3) is 0 Å². The van der Waals surface area contributed by atoms with Crippen LogP contribution in [-0.2, 0) is 11.3 Å². The molecule has 0 saturated heterocycles. The van der Waals surface area contributed by atoms with Gasteiger partial charge in [-0.25, -0.2) is 9.78 Å². The Kier molecular flexibility index (Phi) is 6.68.